The Kier molecular flexibility index (Phi) is 54.1. The monoisotopic (exact) mass is 2330 g/mol. The van der Waals surface area contributed by atoms with Crippen molar-refractivity contribution in [3.63, 3.8) is 0 Å². The van der Waals surface area contributed by atoms with E-state index in [-0.39, 0.29) is 216 Å². The van der Waals surface area contributed by atoms with E-state index >= 15 is 8.78 Å². The molecule has 0 spiro atoms. The predicted octanol–water partition coefficient (Wildman–Crippen LogP) is 16.8. The van der Waals surface area contributed by atoms with Crippen LogP contribution in [0.25, 0.3) is 52.8 Å². The fourth-order valence-corrected chi connectivity index (χ4v) is 15.2. The number of amides is 5. The number of ether oxygens (including phenoxy) is 7. The van der Waals surface area contributed by atoms with Gasteiger partial charge in [-0.15, -0.1) is 16.9 Å². The van der Waals surface area contributed by atoms with Gasteiger partial charge in [0.1, 0.15) is 54.0 Å². The minimum absolute atomic E-state index is 0. The standard InChI is InChI=1S/C32H45BFN3O8.C22H26FN2O4.2C20H15N2O3S.2C5H5N.C2H4O2.CH2O3.2K.2Pd.H/c1-12-41-26(38)35-22-17-18-23(24(34)25(22)36-27(39)42-29(2,3)4)37(28(40)43-30(5,6)7)19-20-13-15-21(16-14-20)33-44-31(8,9)32(10,11)45-33;1-6-28-20(26)24-17-12-13-18(19(23)15(17)2)25(21(27)29-22(3,4)5)14-16-10-8-7-9-11-16;2*1-25-16-9-11-17(12-10-16)26(23,24)22-18-6-2-4-14-7-8-15-5-3-13-21-20(15)19(14)18;2*1-2-4-6-5-3-1;1-2(3)4;2-1-4-3;;;;;/h13-18H,12,19H2,1-11H3,(H,35,38)(H,36,39);8-13H,6,14H2,1-5H3,(H,24,26);2*2-13H,1H3;2*1-5H;1H3,(H,3,4);1,3H;;;;;/q;3*-1;;;;;2*+1;;+2;-1/p-1. The number of anilines is 5. The van der Waals surface area contributed by atoms with Crippen molar-refractivity contribution in [3.05, 3.63) is 324 Å². The summed E-state index contributed by atoms with van der Waals surface area (Å²) < 4.78 is 139. The largest absolute Gasteiger partial charge is 2.00 e. The molecular formula is C107H117BF2K2N11O23Pd2S2-. The van der Waals surface area contributed by atoms with Gasteiger partial charge in [-0.1, -0.05) is 109 Å². The molecule has 10 aromatic carbocycles. The van der Waals surface area contributed by atoms with Crippen molar-refractivity contribution in [2.75, 3.05) is 53.2 Å². The number of hydrogen-bond donors (Lipinski definition) is 4. The molecule has 1 aliphatic rings. The third-order valence-corrected chi connectivity index (χ3v) is 23.0. The third-order valence-electron chi connectivity index (χ3n) is 20.4. The van der Waals surface area contributed by atoms with E-state index in [1.807, 2.05) is 137 Å². The van der Waals surface area contributed by atoms with Crippen LogP contribution in [0.5, 0.6) is 11.5 Å². The molecule has 14 aromatic rings. The first kappa shape index (κ1) is 131. The number of nitrogens with zero attached hydrogens (tertiary/aromatic N) is 8. The molecule has 0 aliphatic carbocycles. The van der Waals surface area contributed by atoms with E-state index in [2.05, 4.69) is 56.3 Å². The minimum Gasteiger partial charge on any atom is -1.00 e. The molecule has 15 rings (SSSR count). The van der Waals surface area contributed by atoms with Crippen molar-refractivity contribution in [1.29, 1.82) is 0 Å². The van der Waals surface area contributed by atoms with Crippen LogP contribution in [0, 0.1) is 24.6 Å². The zero-order chi connectivity index (χ0) is 107. The van der Waals surface area contributed by atoms with Gasteiger partial charge in [0.05, 0.1) is 83.1 Å². The van der Waals surface area contributed by atoms with Gasteiger partial charge >= 0.3 is 161 Å². The number of sulfonamides is 2. The number of carboxylic acids is 1. The molecular weight excluding hydrogens is 2210 g/mol. The zero-order valence-electron chi connectivity index (χ0n) is 87.8. The normalized spacial score (nSPS) is 11.8. The smallest absolute Gasteiger partial charge is 1.00 e. The minimum atomic E-state index is -3.86. The van der Waals surface area contributed by atoms with Crippen molar-refractivity contribution in [2.45, 2.75) is 169 Å². The molecule has 0 unspecified atom stereocenters. The molecule has 5 amide bonds. The van der Waals surface area contributed by atoms with E-state index in [0.717, 1.165) is 66.2 Å². The number of hydrogen-bond acceptors (Lipinski definition) is 26. The molecule has 1 aliphatic heterocycles. The number of aliphatic carboxylic acids is 1. The first-order valence-corrected chi connectivity index (χ1v) is 48.2. The summed E-state index contributed by atoms with van der Waals surface area (Å²) >= 11 is 0. The second-order valence-electron chi connectivity index (χ2n) is 35.4. The van der Waals surface area contributed by atoms with Crippen molar-refractivity contribution < 1.29 is 262 Å². The molecule has 34 nitrogen and oxygen atoms in total. The third kappa shape index (κ3) is 41.0. The maximum Gasteiger partial charge on any atom is 2.00 e. The van der Waals surface area contributed by atoms with E-state index in [1.165, 1.54) is 74.6 Å². The van der Waals surface area contributed by atoms with Gasteiger partial charge in [0.15, 0.2) is 11.6 Å². The van der Waals surface area contributed by atoms with Crippen LogP contribution in [-0.4, -0.2) is 147 Å². The number of methoxy groups -OCH3 is 2. The van der Waals surface area contributed by atoms with Gasteiger partial charge in [-0.2, -0.15) is 30.3 Å². The Bertz CT molecular complexity index is 6700. The molecule has 43 heteroatoms. The van der Waals surface area contributed by atoms with Gasteiger partial charge in [0.25, 0.3) is 12.4 Å². The van der Waals surface area contributed by atoms with Crippen molar-refractivity contribution in [3.8, 4) is 11.5 Å². The van der Waals surface area contributed by atoms with E-state index in [9.17, 15) is 40.8 Å². The van der Waals surface area contributed by atoms with E-state index in [4.69, 9.17) is 62.4 Å². The van der Waals surface area contributed by atoms with Gasteiger partial charge in [-0.3, -0.25) is 55.3 Å². The number of halogens is 2. The molecule has 1 fully saturated rings. The Balaban J connectivity index is 0.000000488. The second kappa shape index (κ2) is 62.0. The number of carboxylic acid groups (broad SMARTS) is 1. The number of benzene rings is 10. The fraction of sp³-hybridized carbons (Fsp3) is 0.262. The van der Waals surface area contributed by atoms with Crippen LogP contribution in [0.1, 0.15) is 129 Å². The molecule has 0 atom stereocenters. The molecule has 4 aromatic heterocycles. The van der Waals surface area contributed by atoms with Crippen LogP contribution < -0.4 is 149 Å². The number of nitrogens with one attached hydrogen (secondary N) is 3. The average molecular weight is 2330 g/mol. The number of aromatic nitrogens is 4. The number of fused-ring (bicyclic) bond motifs is 6. The quantitative estimate of drug-likeness (QED) is 0.00987. The SMILES string of the molecule is CC(=O)O.CCOC(=O)Nc1ccc(N(Cc2cc[c-]cc2)C(=O)OC(C)(C)C)c(F)c1C.CCOC(=O)Nc1ccc(N(Cc2ccc(B3OC(C)(C)C(C)(C)O3)cc2)C(=O)OC(C)(C)C)c(F)c1NC(=O)OC(C)(C)C.COc1ccc(S(=O)(=O)[N-]c2cccc3ccc4cccnc4c23)cc1.COc1ccc(S(=O)(=O)[N-]c2cccc3ccc4cccnc4c23)cc1.O=CO[O-].[H-].[K+].[K+].[Pd+2].[Pd].c1ccncc1.c1ccncc1. The average Bonchev–Trinajstić information content (AvgIpc) is 1.75. The van der Waals surface area contributed by atoms with Crippen molar-refractivity contribution in [1.82, 2.24) is 19.9 Å². The molecule has 5 heterocycles. The Hall–Kier alpha value is -11.4. The maximum absolute atomic E-state index is 16.4. The maximum atomic E-state index is 16.4. The number of rotatable bonds is 21. The van der Waals surface area contributed by atoms with Gasteiger partial charge < -0.3 is 68.6 Å². The Morgan fingerprint density at radius 2 is 0.867 bits per heavy atom. The summed E-state index contributed by atoms with van der Waals surface area (Å²) in [6.07, 6.45) is 6.39. The fourth-order valence-electron chi connectivity index (χ4n) is 13.2. The van der Waals surface area contributed by atoms with Crippen molar-refractivity contribution in [2.24, 2.45) is 0 Å². The van der Waals surface area contributed by atoms with Crippen LogP contribution in [0.2, 0.25) is 0 Å². The summed E-state index contributed by atoms with van der Waals surface area (Å²) in [5.74, 6) is -1.30. The summed E-state index contributed by atoms with van der Waals surface area (Å²) in [6.45, 7) is 29.1. The molecule has 0 bridgehead atoms. The van der Waals surface area contributed by atoms with Gasteiger partial charge in [0, 0.05) is 93.1 Å². The second-order valence-corrected chi connectivity index (χ2v) is 38.6. The summed E-state index contributed by atoms with van der Waals surface area (Å²) in [5.41, 5.74) is 0.675. The summed E-state index contributed by atoms with van der Waals surface area (Å²) in [6, 6.07) is 72.7. The number of carbonyl (C=O) groups is 7. The van der Waals surface area contributed by atoms with Gasteiger partial charge in [0.2, 0.25) is 0 Å². The predicted molar refractivity (Wildman–Crippen MR) is 556 cm³/mol. The first-order valence-electron chi connectivity index (χ1n) is 45.3. The van der Waals surface area contributed by atoms with Gasteiger partial charge in [-0.25, -0.2) is 49.6 Å². The molecule has 1 saturated heterocycles. The zero-order valence-corrected chi connectivity index (χ0v) is 97.7. The summed E-state index contributed by atoms with van der Waals surface area (Å²) in [5, 5.41) is 28.2. The Morgan fingerprint density at radius 1 is 0.500 bits per heavy atom. The molecule has 4 N–H and O–H groups in total. The Labute approximate surface area is 986 Å². The van der Waals surface area contributed by atoms with E-state index in [0.29, 0.717) is 28.4 Å². The first-order chi connectivity index (χ1) is 69.0. The van der Waals surface area contributed by atoms with Crippen LogP contribution in [0.4, 0.5) is 72.6 Å². The number of carbonyl (C=O) groups excluding carboxylic acids is 6. The topological polar surface area (TPSA) is 446 Å². The molecule has 0 radical (unpaired) electrons. The van der Waals surface area contributed by atoms with Crippen molar-refractivity contribution >= 4 is 159 Å². The summed E-state index contributed by atoms with van der Waals surface area (Å²) in [4.78, 5) is 102. The van der Waals surface area contributed by atoms with E-state index in [1.54, 1.807) is 198 Å². The molecule has 790 valence electrons. The van der Waals surface area contributed by atoms with Crippen LogP contribution in [0.3, 0.4) is 0 Å². The number of pyridine rings is 4. The summed E-state index contributed by atoms with van der Waals surface area (Å²) in [7, 11) is -5.23. The van der Waals surface area contributed by atoms with Crippen LogP contribution in [-0.2, 0) is 121 Å². The van der Waals surface area contributed by atoms with E-state index < -0.39 is 109 Å². The molecule has 0 saturated carbocycles. The van der Waals surface area contributed by atoms with Crippen LogP contribution in [0.15, 0.2) is 290 Å². The van der Waals surface area contributed by atoms with Gasteiger partial charge in [-0.05, 0) is 253 Å². The Morgan fingerprint density at radius 3 is 1.23 bits per heavy atom. The molecule has 150 heavy (non-hydrogen) atoms. The van der Waals surface area contributed by atoms with Crippen LogP contribution >= 0.6 is 0 Å².